The molecule has 0 spiro atoms. The second kappa shape index (κ2) is 12.0. The quantitative estimate of drug-likeness (QED) is 0.198. The molecule has 2 aliphatic rings. The van der Waals surface area contributed by atoms with Crippen LogP contribution in [0.2, 0.25) is 0 Å². The Balaban J connectivity index is 0.000000225. The van der Waals surface area contributed by atoms with Gasteiger partial charge in [0.25, 0.3) is 0 Å². The molecule has 4 aromatic rings. The highest BCUT2D eigenvalue weighted by atomic mass is 19.1. The summed E-state index contributed by atoms with van der Waals surface area (Å²) in [5, 5.41) is 17.8. The van der Waals surface area contributed by atoms with E-state index in [1.807, 2.05) is 22.8 Å². The van der Waals surface area contributed by atoms with Crippen molar-refractivity contribution in [3.05, 3.63) is 54.4 Å². The van der Waals surface area contributed by atoms with Crippen molar-refractivity contribution in [2.75, 3.05) is 35.7 Å². The number of ether oxygens (including phenoxy) is 1. The number of H-pyrrole nitrogens is 1. The van der Waals surface area contributed by atoms with Crippen molar-refractivity contribution < 1.29 is 13.9 Å². The van der Waals surface area contributed by atoms with E-state index in [2.05, 4.69) is 54.7 Å². The largest absolute Gasteiger partial charge is 0.380 e. The highest BCUT2D eigenvalue weighted by molar-refractivity contribution is 5.73. The van der Waals surface area contributed by atoms with Crippen LogP contribution in [0.25, 0.3) is 5.52 Å². The molecule has 0 radical (unpaired) electrons. The van der Waals surface area contributed by atoms with Gasteiger partial charge in [0.05, 0.1) is 18.0 Å². The lowest BCUT2D eigenvalue weighted by Gasteiger charge is -2.17. The van der Waals surface area contributed by atoms with Crippen LogP contribution in [0.4, 0.5) is 27.7 Å². The number of nitrogens with one attached hydrogen (secondary N) is 3. The Bertz CT molecular complexity index is 1330. The minimum absolute atomic E-state index is 0.243. The van der Waals surface area contributed by atoms with E-state index < -0.39 is 5.95 Å². The number of carbonyl (C=O) groups excluding carboxylic acids is 1. The maximum absolute atomic E-state index is 12.1. The van der Waals surface area contributed by atoms with E-state index in [0.717, 1.165) is 36.7 Å². The molecule has 1 aliphatic carbocycles. The maximum Gasteiger partial charge on any atom is 0.245 e. The third kappa shape index (κ3) is 6.39. The lowest BCUT2D eigenvalue weighted by Crippen LogP contribution is -2.25. The van der Waals surface area contributed by atoms with Crippen LogP contribution in [0.1, 0.15) is 30.9 Å². The van der Waals surface area contributed by atoms with E-state index in [1.54, 1.807) is 7.11 Å². The summed E-state index contributed by atoms with van der Waals surface area (Å²) in [7, 11) is 1.76. The third-order valence-electron chi connectivity index (χ3n) is 5.96. The van der Waals surface area contributed by atoms with Gasteiger partial charge in [-0.1, -0.05) is 0 Å². The van der Waals surface area contributed by atoms with Gasteiger partial charge in [0.15, 0.2) is 11.6 Å². The van der Waals surface area contributed by atoms with Crippen LogP contribution in [0.5, 0.6) is 0 Å². The van der Waals surface area contributed by atoms with Crippen molar-refractivity contribution in [1.82, 2.24) is 29.8 Å². The molecule has 1 atom stereocenters. The molecule has 1 amide bonds. The van der Waals surface area contributed by atoms with Crippen LogP contribution in [-0.2, 0) is 9.53 Å². The number of methoxy groups -OCH3 is 1. The first-order chi connectivity index (χ1) is 18.1. The Morgan fingerprint density at radius 1 is 1.24 bits per heavy atom. The number of carbonyl (C=O) groups is 1. The molecule has 37 heavy (non-hydrogen) atoms. The Morgan fingerprint density at radius 2 is 2.08 bits per heavy atom. The first kappa shape index (κ1) is 25.6. The van der Waals surface area contributed by atoms with Crippen molar-refractivity contribution in [2.45, 2.75) is 31.3 Å². The van der Waals surface area contributed by atoms with Crippen molar-refractivity contribution in [3.63, 3.8) is 0 Å². The minimum Gasteiger partial charge on any atom is -0.380 e. The number of pyridine rings is 1. The number of aromatic amines is 1. The van der Waals surface area contributed by atoms with Crippen molar-refractivity contribution in [1.29, 1.82) is 0 Å². The number of anilines is 4. The summed E-state index contributed by atoms with van der Waals surface area (Å²) in [6.07, 6.45) is 15.4. The summed E-state index contributed by atoms with van der Waals surface area (Å²) in [5.74, 6) is 2.36. The standard InChI is InChI=1S/C17H21N7O.C6H5FN2O.C2H2/c1-25-12-6-8-23(10-12)17-19-16(14-3-2-7-24(14)22-17)18-15-9-13(20-21-15)11-4-5-11;7-6-2-1-5(3-8-6)9-4-10;1-2/h2-3,7,9,11-12H,4-6,8,10H2,1H3,(H2,18,19,20,21,22);1-4H,(H,9,10);1-2H/t12-;;/m1../s1. The van der Waals surface area contributed by atoms with Crippen LogP contribution in [0.3, 0.4) is 0 Å². The summed E-state index contributed by atoms with van der Waals surface area (Å²) >= 11 is 0. The first-order valence-electron chi connectivity index (χ1n) is 11.7. The predicted molar refractivity (Wildman–Crippen MR) is 138 cm³/mol. The molecule has 2 fully saturated rings. The average Bonchev–Trinajstić information content (AvgIpc) is 3.29. The maximum atomic E-state index is 12.1. The van der Waals surface area contributed by atoms with Gasteiger partial charge in [-0.15, -0.1) is 17.9 Å². The molecule has 6 rings (SSSR count). The summed E-state index contributed by atoms with van der Waals surface area (Å²) in [6, 6.07) is 8.65. The molecule has 4 aromatic heterocycles. The number of aromatic nitrogens is 6. The fourth-order valence-electron chi connectivity index (χ4n) is 3.91. The zero-order valence-corrected chi connectivity index (χ0v) is 20.3. The van der Waals surface area contributed by atoms with Gasteiger partial charge < -0.3 is 20.3 Å². The van der Waals surface area contributed by atoms with Crippen LogP contribution < -0.4 is 15.5 Å². The summed E-state index contributed by atoms with van der Waals surface area (Å²) in [5.41, 5.74) is 2.62. The number of nitrogens with zero attached hydrogens (tertiary/aromatic N) is 6. The molecule has 5 heterocycles. The molecule has 192 valence electrons. The van der Waals surface area contributed by atoms with E-state index in [1.165, 1.54) is 36.9 Å². The van der Waals surface area contributed by atoms with Crippen LogP contribution in [0.15, 0.2) is 42.7 Å². The minimum atomic E-state index is -0.559. The number of halogens is 1. The number of fused-ring (bicyclic) bond motifs is 1. The SMILES string of the molecule is C#C.CO[C@@H]1CCN(c2nc(Nc3cc(C4CC4)[nH]n3)c3cccn3n2)C1.O=CNc1ccc(F)nc1. The molecule has 11 nitrogen and oxygen atoms in total. The van der Waals surface area contributed by atoms with Crippen molar-refractivity contribution in [3.8, 4) is 12.8 Å². The number of rotatable bonds is 7. The van der Waals surface area contributed by atoms with E-state index in [9.17, 15) is 9.18 Å². The van der Waals surface area contributed by atoms with E-state index in [0.29, 0.717) is 24.0 Å². The van der Waals surface area contributed by atoms with Crippen LogP contribution >= 0.6 is 0 Å². The van der Waals surface area contributed by atoms with Gasteiger partial charge in [-0.2, -0.15) is 14.5 Å². The van der Waals surface area contributed by atoms with Gasteiger partial charge in [-0.05, 0) is 43.5 Å². The first-order valence-corrected chi connectivity index (χ1v) is 11.7. The molecule has 1 saturated heterocycles. The number of hydrogen-bond acceptors (Lipinski definition) is 8. The zero-order valence-electron chi connectivity index (χ0n) is 20.3. The van der Waals surface area contributed by atoms with Gasteiger partial charge >= 0.3 is 0 Å². The molecule has 1 aliphatic heterocycles. The zero-order chi connectivity index (χ0) is 26.2. The average molecular weight is 506 g/mol. The smallest absolute Gasteiger partial charge is 0.245 e. The molecule has 1 saturated carbocycles. The lowest BCUT2D eigenvalue weighted by atomic mass is 10.3. The fraction of sp³-hybridized carbons (Fsp3) is 0.320. The molecule has 0 bridgehead atoms. The van der Waals surface area contributed by atoms with Crippen LogP contribution in [-0.4, -0.2) is 62.5 Å². The lowest BCUT2D eigenvalue weighted by molar-refractivity contribution is -0.105. The number of hydrogen-bond donors (Lipinski definition) is 3. The van der Waals surface area contributed by atoms with Crippen molar-refractivity contribution in [2.24, 2.45) is 0 Å². The van der Waals surface area contributed by atoms with Crippen molar-refractivity contribution >= 4 is 35.2 Å². The number of amides is 1. The monoisotopic (exact) mass is 505 g/mol. The highest BCUT2D eigenvalue weighted by Gasteiger charge is 2.27. The molecular formula is C25H28FN9O2. The normalized spacial score (nSPS) is 16.3. The van der Waals surface area contributed by atoms with E-state index in [-0.39, 0.29) is 6.10 Å². The van der Waals surface area contributed by atoms with Gasteiger partial charge in [0.1, 0.15) is 5.52 Å². The second-order valence-electron chi connectivity index (χ2n) is 8.43. The number of terminal acetylenes is 1. The summed E-state index contributed by atoms with van der Waals surface area (Å²) in [4.78, 5) is 20.1. The molecule has 0 unspecified atom stereocenters. The van der Waals surface area contributed by atoms with Gasteiger partial charge in [-0.25, -0.2) is 9.50 Å². The molecule has 3 N–H and O–H groups in total. The topological polar surface area (TPSA) is 125 Å². The van der Waals surface area contributed by atoms with Gasteiger partial charge in [0, 0.05) is 44.1 Å². The summed E-state index contributed by atoms with van der Waals surface area (Å²) < 4.78 is 19.4. The molecule has 12 heteroatoms. The van der Waals surface area contributed by atoms with Crippen LogP contribution in [0, 0.1) is 18.8 Å². The molecular weight excluding hydrogens is 477 g/mol. The summed E-state index contributed by atoms with van der Waals surface area (Å²) in [6.45, 7) is 1.72. The Morgan fingerprint density at radius 3 is 2.76 bits per heavy atom. The van der Waals surface area contributed by atoms with E-state index in [4.69, 9.17) is 9.72 Å². The highest BCUT2D eigenvalue weighted by Crippen LogP contribution is 2.39. The predicted octanol–water partition coefficient (Wildman–Crippen LogP) is 3.34. The third-order valence-corrected chi connectivity index (χ3v) is 5.96. The van der Waals surface area contributed by atoms with E-state index >= 15 is 0 Å². The Labute approximate surface area is 213 Å². The van der Waals surface area contributed by atoms with Gasteiger partial charge in [0.2, 0.25) is 18.3 Å². The molecule has 0 aromatic carbocycles. The fourth-order valence-corrected chi connectivity index (χ4v) is 3.91. The Hall–Kier alpha value is -4.50. The van der Waals surface area contributed by atoms with Gasteiger partial charge in [-0.3, -0.25) is 9.89 Å². The Kier molecular flexibility index (Phi) is 8.27. The second-order valence-corrected chi connectivity index (χ2v) is 8.43.